The Hall–Kier alpha value is -3.08. The summed E-state index contributed by atoms with van der Waals surface area (Å²) in [5, 5.41) is 1.15. The van der Waals surface area contributed by atoms with Crippen LogP contribution in [0.3, 0.4) is 0 Å². The standard InChI is InChI=1S/C25H27N3O2/c1-4-16(3)27-14-22(29)28-21(25(27)30)13-19-18-11-7-8-12-20(18)26-23(19)24(28)17-10-6-5-9-15(17)2/h5-12,16,21,24,26H,4,13-14H2,1-3H3/t16-,21+,24-/m1/s1. The van der Waals surface area contributed by atoms with Gasteiger partial charge in [-0.15, -0.1) is 0 Å². The zero-order chi connectivity index (χ0) is 21.0. The summed E-state index contributed by atoms with van der Waals surface area (Å²) in [5.74, 6) is 0.0934. The number of benzene rings is 2. The highest BCUT2D eigenvalue weighted by Gasteiger charge is 2.49. The maximum Gasteiger partial charge on any atom is 0.246 e. The van der Waals surface area contributed by atoms with Crippen molar-refractivity contribution in [1.82, 2.24) is 14.8 Å². The zero-order valence-corrected chi connectivity index (χ0v) is 17.7. The van der Waals surface area contributed by atoms with Crippen molar-refractivity contribution in [2.45, 2.75) is 51.7 Å². The lowest BCUT2D eigenvalue weighted by Crippen LogP contribution is -2.64. The number of aromatic nitrogens is 1. The van der Waals surface area contributed by atoms with Gasteiger partial charge in [0.05, 0.1) is 6.04 Å². The summed E-state index contributed by atoms with van der Waals surface area (Å²) in [7, 11) is 0. The molecule has 2 aliphatic rings. The Morgan fingerprint density at radius 1 is 1.10 bits per heavy atom. The van der Waals surface area contributed by atoms with E-state index in [1.807, 2.05) is 36.1 Å². The third-order valence-corrected chi connectivity index (χ3v) is 6.90. The maximum atomic E-state index is 13.6. The lowest BCUT2D eigenvalue weighted by atomic mass is 9.84. The molecule has 5 nitrogen and oxygen atoms in total. The molecule has 0 saturated carbocycles. The zero-order valence-electron chi connectivity index (χ0n) is 17.7. The predicted molar refractivity (Wildman–Crippen MR) is 117 cm³/mol. The number of para-hydroxylation sites is 1. The van der Waals surface area contributed by atoms with Crippen molar-refractivity contribution in [2.75, 3.05) is 6.54 Å². The van der Waals surface area contributed by atoms with Crippen LogP contribution in [0.1, 0.15) is 48.7 Å². The first-order valence-electron chi connectivity index (χ1n) is 10.8. The third kappa shape index (κ3) is 2.68. The van der Waals surface area contributed by atoms with E-state index in [9.17, 15) is 9.59 Å². The number of aryl methyl sites for hydroxylation is 1. The molecule has 1 fully saturated rings. The number of carbonyl (C=O) groups excluding carboxylic acids is 2. The molecule has 2 aromatic carbocycles. The molecule has 1 saturated heterocycles. The minimum atomic E-state index is -0.462. The fourth-order valence-electron chi connectivity index (χ4n) is 5.10. The molecule has 0 aliphatic carbocycles. The van der Waals surface area contributed by atoms with E-state index in [4.69, 9.17) is 0 Å². The molecule has 30 heavy (non-hydrogen) atoms. The Bertz CT molecular complexity index is 1150. The van der Waals surface area contributed by atoms with E-state index in [0.29, 0.717) is 6.42 Å². The number of nitrogens with one attached hydrogen (secondary N) is 1. The van der Waals surface area contributed by atoms with Crippen molar-refractivity contribution in [3.8, 4) is 0 Å². The van der Waals surface area contributed by atoms with E-state index in [0.717, 1.165) is 39.7 Å². The number of piperazine rings is 1. The predicted octanol–water partition coefficient (Wildman–Crippen LogP) is 3.96. The summed E-state index contributed by atoms with van der Waals surface area (Å²) >= 11 is 0. The van der Waals surface area contributed by atoms with Gasteiger partial charge in [0.1, 0.15) is 12.6 Å². The molecule has 1 aromatic heterocycles. The smallest absolute Gasteiger partial charge is 0.246 e. The molecule has 3 heterocycles. The van der Waals surface area contributed by atoms with E-state index in [-0.39, 0.29) is 30.4 Å². The molecule has 154 valence electrons. The number of H-pyrrole nitrogens is 1. The first-order valence-corrected chi connectivity index (χ1v) is 10.8. The summed E-state index contributed by atoms with van der Waals surface area (Å²) < 4.78 is 0. The fourth-order valence-corrected chi connectivity index (χ4v) is 5.10. The van der Waals surface area contributed by atoms with Crippen LogP contribution in [0.5, 0.6) is 0 Å². The Balaban J connectivity index is 1.72. The lowest BCUT2D eigenvalue weighted by molar-refractivity contribution is -0.160. The van der Waals surface area contributed by atoms with Crippen LogP contribution >= 0.6 is 0 Å². The Morgan fingerprint density at radius 3 is 2.60 bits per heavy atom. The number of rotatable bonds is 3. The molecule has 3 aromatic rings. The number of hydrogen-bond donors (Lipinski definition) is 1. The van der Waals surface area contributed by atoms with Crippen molar-refractivity contribution in [2.24, 2.45) is 0 Å². The molecule has 2 amide bonds. The van der Waals surface area contributed by atoms with Crippen molar-refractivity contribution >= 4 is 22.7 Å². The monoisotopic (exact) mass is 401 g/mol. The van der Waals surface area contributed by atoms with Gasteiger partial charge in [0.15, 0.2) is 0 Å². The number of amides is 2. The highest BCUT2D eigenvalue weighted by atomic mass is 16.2. The fraction of sp³-hybridized carbons (Fsp3) is 0.360. The second kappa shape index (κ2) is 7.01. The van der Waals surface area contributed by atoms with Gasteiger partial charge in [-0.25, -0.2) is 0 Å². The highest BCUT2D eigenvalue weighted by Crippen LogP contribution is 2.43. The lowest BCUT2D eigenvalue weighted by Gasteiger charge is -2.48. The Morgan fingerprint density at radius 2 is 1.83 bits per heavy atom. The van der Waals surface area contributed by atoms with Gasteiger partial charge >= 0.3 is 0 Å². The second-order valence-corrected chi connectivity index (χ2v) is 8.57. The summed E-state index contributed by atoms with van der Waals surface area (Å²) in [6.45, 7) is 6.31. The number of fused-ring (bicyclic) bond motifs is 4. The average Bonchev–Trinajstić information content (AvgIpc) is 3.13. The average molecular weight is 402 g/mol. The molecular formula is C25H27N3O2. The van der Waals surface area contributed by atoms with Crippen molar-refractivity contribution in [3.05, 3.63) is 70.9 Å². The minimum Gasteiger partial charge on any atom is -0.356 e. The maximum absolute atomic E-state index is 13.6. The molecule has 5 heteroatoms. The van der Waals surface area contributed by atoms with E-state index in [2.05, 4.69) is 43.1 Å². The van der Waals surface area contributed by atoms with E-state index in [1.165, 1.54) is 0 Å². The van der Waals surface area contributed by atoms with Crippen LogP contribution in [-0.4, -0.2) is 45.2 Å². The number of carbonyl (C=O) groups is 2. The third-order valence-electron chi connectivity index (χ3n) is 6.90. The molecular weight excluding hydrogens is 374 g/mol. The topological polar surface area (TPSA) is 56.4 Å². The van der Waals surface area contributed by atoms with E-state index < -0.39 is 6.04 Å². The van der Waals surface area contributed by atoms with Crippen LogP contribution in [0, 0.1) is 6.92 Å². The molecule has 2 aliphatic heterocycles. The van der Waals surface area contributed by atoms with Crippen LogP contribution in [0.2, 0.25) is 0 Å². The van der Waals surface area contributed by atoms with Crippen molar-refractivity contribution in [3.63, 3.8) is 0 Å². The molecule has 5 rings (SSSR count). The Labute approximate surface area is 176 Å². The van der Waals surface area contributed by atoms with E-state index >= 15 is 0 Å². The quantitative estimate of drug-likeness (QED) is 0.722. The molecule has 3 atom stereocenters. The van der Waals surface area contributed by atoms with Gasteiger partial charge in [0.25, 0.3) is 0 Å². The van der Waals surface area contributed by atoms with Gasteiger partial charge in [-0.3, -0.25) is 9.59 Å². The normalized spacial score (nSPS) is 22.2. The van der Waals surface area contributed by atoms with Crippen LogP contribution in [0.4, 0.5) is 0 Å². The van der Waals surface area contributed by atoms with Gasteiger partial charge < -0.3 is 14.8 Å². The SMILES string of the molecule is CC[C@@H](C)N1CC(=O)N2[C@H](c3ccccc3C)c3[nH]c4ccccc4c3C[C@H]2C1=O. The van der Waals surface area contributed by atoms with Crippen LogP contribution in [0.25, 0.3) is 10.9 Å². The summed E-state index contributed by atoms with van der Waals surface area (Å²) in [6, 6.07) is 15.7. The molecule has 1 N–H and O–H groups in total. The largest absolute Gasteiger partial charge is 0.356 e. The van der Waals surface area contributed by atoms with Crippen LogP contribution in [-0.2, 0) is 16.0 Å². The van der Waals surface area contributed by atoms with Crippen molar-refractivity contribution in [1.29, 1.82) is 0 Å². The summed E-state index contributed by atoms with van der Waals surface area (Å²) in [5.41, 5.74) is 5.46. The minimum absolute atomic E-state index is 0.0254. The first-order chi connectivity index (χ1) is 14.5. The van der Waals surface area contributed by atoms with E-state index in [1.54, 1.807) is 4.90 Å². The molecule has 0 spiro atoms. The highest BCUT2D eigenvalue weighted by molar-refractivity contribution is 5.97. The number of hydrogen-bond acceptors (Lipinski definition) is 2. The first kappa shape index (κ1) is 18.9. The van der Waals surface area contributed by atoms with Crippen LogP contribution < -0.4 is 0 Å². The van der Waals surface area contributed by atoms with Crippen molar-refractivity contribution < 1.29 is 9.59 Å². The summed E-state index contributed by atoms with van der Waals surface area (Å²) in [4.78, 5) is 34.2. The van der Waals surface area contributed by atoms with Gasteiger partial charge in [-0.2, -0.15) is 0 Å². The number of nitrogens with zero attached hydrogens (tertiary/aromatic N) is 2. The van der Waals surface area contributed by atoms with Crippen LogP contribution in [0.15, 0.2) is 48.5 Å². The number of aromatic amines is 1. The van der Waals surface area contributed by atoms with Gasteiger partial charge in [0, 0.05) is 29.1 Å². The van der Waals surface area contributed by atoms with Gasteiger partial charge in [-0.1, -0.05) is 49.4 Å². The Kier molecular flexibility index (Phi) is 4.42. The molecule has 0 bridgehead atoms. The molecule has 0 radical (unpaired) electrons. The summed E-state index contributed by atoms with van der Waals surface area (Å²) in [6.07, 6.45) is 1.39. The second-order valence-electron chi connectivity index (χ2n) is 8.57. The van der Waals surface area contributed by atoms with Gasteiger partial charge in [-0.05, 0) is 43.0 Å². The molecule has 0 unspecified atom stereocenters. The van der Waals surface area contributed by atoms with Gasteiger partial charge in [0.2, 0.25) is 11.8 Å².